The Morgan fingerprint density at radius 3 is 2.00 bits per heavy atom. The van der Waals surface area contributed by atoms with Crippen LogP contribution in [0.25, 0.3) is 28.1 Å². The molecule has 0 spiro atoms. The first-order chi connectivity index (χ1) is 15.2. The summed E-state index contributed by atoms with van der Waals surface area (Å²) in [5, 5.41) is 9.33. The number of rotatable bonds is 4. The van der Waals surface area contributed by atoms with Crippen molar-refractivity contribution in [2.45, 2.75) is 25.7 Å². The molecule has 0 amide bonds. The molecule has 152 valence electrons. The van der Waals surface area contributed by atoms with E-state index in [2.05, 4.69) is 65.2 Å². The van der Waals surface area contributed by atoms with Crippen LogP contribution in [0.5, 0.6) is 0 Å². The molecule has 1 N–H and O–H groups in total. The minimum Gasteiger partial charge on any atom is -0.478 e. The number of nitrogens with zero attached hydrogens (tertiary/aromatic N) is 1. The second kappa shape index (κ2) is 8.19. The molecule has 3 aromatic carbocycles. The highest BCUT2D eigenvalue weighted by Gasteiger charge is 2.30. The van der Waals surface area contributed by atoms with E-state index >= 15 is 0 Å². The summed E-state index contributed by atoms with van der Waals surface area (Å²) in [7, 11) is 0. The standard InChI is InChI=1S/C28H23NO2/c30-28(31)22-15-17-23(18-16-22)29-26-14-8-7-13-24(26)25(20-9-3-1-4-10-20)19-27(29)21-11-5-2-6-12-21/h1-6,9-12,15-19H,7-8,13-14H2/p+1. The minimum atomic E-state index is -0.902. The smallest absolute Gasteiger partial charge is 0.335 e. The lowest BCUT2D eigenvalue weighted by atomic mass is 9.87. The lowest BCUT2D eigenvalue weighted by Crippen LogP contribution is -2.41. The molecule has 0 saturated carbocycles. The third-order valence-corrected chi connectivity index (χ3v) is 6.08. The van der Waals surface area contributed by atoms with E-state index in [0.29, 0.717) is 5.56 Å². The molecule has 1 heterocycles. The predicted octanol–water partition coefficient (Wildman–Crippen LogP) is 5.87. The SMILES string of the molecule is O=C(O)c1ccc(-[n+]2c(-c3ccccc3)cc(-c3ccccc3)c3c2CCCC3)cc1. The number of benzene rings is 3. The van der Waals surface area contributed by atoms with Crippen LogP contribution in [0.2, 0.25) is 0 Å². The summed E-state index contributed by atoms with van der Waals surface area (Å²) in [4.78, 5) is 11.4. The van der Waals surface area contributed by atoms with Crippen molar-refractivity contribution in [2.24, 2.45) is 0 Å². The van der Waals surface area contributed by atoms with Crippen LogP contribution in [-0.4, -0.2) is 11.1 Å². The number of fused-ring (bicyclic) bond motifs is 1. The Morgan fingerprint density at radius 1 is 0.742 bits per heavy atom. The summed E-state index contributed by atoms with van der Waals surface area (Å²) < 4.78 is 2.34. The van der Waals surface area contributed by atoms with Crippen LogP contribution in [0.15, 0.2) is 91.0 Å². The normalized spacial score (nSPS) is 12.9. The second-order valence-electron chi connectivity index (χ2n) is 8.00. The van der Waals surface area contributed by atoms with Crippen LogP contribution in [0, 0.1) is 0 Å². The van der Waals surface area contributed by atoms with E-state index in [0.717, 1.165) is 36.2 Å². The first-order valence-electron chi connectivity index (χ1n) is 10.8. The van der Waals surface area contributed by atoms with Gasteiger partial charge < -0.3 is 5.11 Å². The van der Waals surface area contributed by atoms with Crippen molar-refractivity contribution in [3.8, 4) is 28.1 Å². The zero-order chi connectivity index (χ0) is 21.2. The fourth-order valence-electron chi connectivity index (χ4n) is 4.60. The van der Waals surface area contributed by atoms with E-state index in [1.54, 1.807) is 12.1 Å². The molecule has 1 aliphatic carbocycles. The topological polar surface area (TPSA) is 41.2 Å². The molecular weight excluding hydrogens is 382 g/mol. The van der Waals surface area contributed by atoms with Gasteiger partial charge >= 0.3 is 5.97 Å². The maximum Gasteiger partial charge on any atom is 0.335 e. The number of aromatic nitrogens is 1. The third kappa shape index (κ3) is 3.64. The monoisotopic (exact) mass is 406 g/mol. The van der Waals surface area contributed by atoms with Gasteiger partial charge in [-0.15, -0.1) is 0 Å². The number of aromatic carboxylic acids is 1. The summed E-state index contributed by atoms with van der Waals surface area (Å²) in [5.41, 5.74) is 8.85. The summed E-state index contributed by atoms with van der Waals surface area (Å²) in [6.07, 6.45) is 4.42. The Bertz CT molecular complexity index is 1230. The number of carboxylic acid groups (broad SMARTS) is 1. The maximum absolute atomic E-state index is 11.4. The molecule has 0 saturated heterocycles. The second-order valence-corrected chi connectivity index (χ2v) is 8.00. The van der Waals surface area contributed by atoms with Crippen molar-refractivity contribution in [3.05, 3.63) is 108 Å². The molecule has 3 nitrogen and oxygen atoms in total. The van der Waals surface area contributed by atoms with Gasteiger partial charge in [-0.25, -0.2) is 4.79 Å². The molecule has 1 aliphatic rings. The Labute approximate surface area is 182 Å². The molecule has 3 heteroatoms. The maximum atomic E-state index is 11.4. The molecule has 4 aromatic rings. The average molecular weight is 407 g/mol. The fourth-order valence-corrected chi connectivity index (χ4v) is 4.60. The van der Waals surface area contributed by atoms with E-state index < -0.39 is 5.97 Å². The van der Waals surface area contributed by atoms with Crippen molar-refractivity contribution in [3.63, 3.8) is 0 Å². The number of pyridine rings is 1. The summed E-state index contributed by atoms with van der Waals surface area (Å²) in [6.45, 7) is 0. The average Bonchev–Trinajstić information content (AvgIpc) is 2.84. The Kier molecular flexibility index (Phi) is 5.09. The van der Waals surface area contributed by atoms with Crippen LogP contribution >= 0.6 is 0 Å². The quantitative estimate of drug-likeness (QED) is 0.430. The molecule has 31 heavy (non-hydrogen) atoms. The number of hydrogen-bond acceptors (Lipinski definition) is 1. The van der Waals surface area contributed by atoms with Gasteiger partial charge in [-0.1, -0.05) is 48.5 Å². The highest BCUT2D eigenvalue weighted by atomic mass is 16.4. The van der Waals surface area contributed by atoms with Crippen molar-refractivity contribution >= 4 is 5.97 Å². The van der Waals surface area contributed by atoms with Crippen molar-refractivity contribution in [1.29, 1.82) is 0 Å². The first kappa shape index (κ1) is 19.3. The van der Waals surface area contributed by atoms with Crippen LogP contribution in [0.1, 0.15) is 34.5 Å². The number of hydrogen-bond donors (Lipinski definition) is 1. The summed E-state index contributed by atoms with van der Waals surface area (Å²) in [5.74, 6) is -0.902. The third-order valence-electron chi connectivity index (χ3n) is 6.08. The lowest BCUT2D eigenvalue weighted by Gasteiger charge is -2.20. The molecule has 0 fully saturated rings. The van der Waals surface area contributed by atoms with Crippen molar-refractivity contribution in [1.82, 2.24) is 0 Å². The molecule has 0 atom stereocenters. The van der Waals surface area contributed by atoms with E-state index in [4.69, 9.17) is 0 Å². The van der Waals surface area contributed by atoms with Crippen LogP contribution in [-0.2, 0) is 12.8 Å². The van der Waals surface area contributed by atoms with E-state index in [1.807, 2.05) is 18.2 Å². The molecular formula is C28H24NO2+. The molecule has 0 radical (unpaired) electrons. The van der Waals surface area contributed by atoms with Crippen molar-refractivity contribution in [2.75, 3.05) is 0 Å². The summed E-state index contributed by atoms with van der Waals surface area (Å²) >= 11 is 0. The highest BCUT2D eigenvalue weighted by Crippen LogP contribution is 2.34. The highest BCUT2D eigenvalue weighted by molar-refractivity contribution is 5.87. The zero-order valence-corrected chi connectivity index (χ0v) is 17.3. The molecule has 1 aromatic heterocycles. The first-order valence-corrected chi connectivity index (χ1v) is 10.8. The molecule has 0 unspecified atom stereocenters. The number of carbonyl (C=O) groups is 1. The van der Waals surface area contributed by atoms with Gasteiger partial charge in [0.15, 0.2) is 5.69 Å². The Balaban J connectivity index is 1.81. The largest absolute Gasteiger partial charge is 0.478 e. The number of carboxylic acids is 1. The van der Waals surface area contributed by atoms with E-state index in [-0.39, 0.29) is 0 Å². The van der Waals surface area contributed by atoms with E-state index in [9.17, 15) is 9.90 Å². The summed E-state index contributed by atoms with van der Waals surface area (Å²) in [6, 6.07) is 30.6. The van der Waals surface area contributed by atoms with Gasteiger partial charge in [0.1, 0.15) is 0 Å². The zero-order valence-electron chi connectivity index (χ0n) is 17.3. The van der Waals surface area contributed by atoms with Gasteiger partial charge in [0.05, 0.1) is 5.56 Å². The van der Waals surface area contributed by atoms with Gasteiger partial charge in [-0.2, -0.15) is 4.57 Å². The van der Waals surface area contributed by atoms with Crippen molar-refractivity contribution < 1.29 is 14.5 Å². The Morgan fingerprint density at radius 2 is 1.35 bits per heavy atom. The van der Waals surface area contributed by atoms with Crippen LogP contribution in [0.4, 0.5) is 0 Å². The molecule has 5 rings (SSSR count). The molecule has 0 bridgehead atoms. The minimum absolute atomic E-state index is 0.306. The van der Waals surface area contributed by atoms with Gasteiger partial charge in [0, 0.05) is 35.7 Å². The fraction of sp³-hybridized carbons (Fsp3) is 0.143. The van der Waals surface area contributed by atoms with E-state index in [1.165, 1.54) is 28.8 Å². The van der Waals surface area contributed by atoms with Gasteiger partial charge in [-0.3, -0.25) is 0 Å². The van der Waals surface area contributed by atoms with Crippen LogP contribution < -0.4 is 4.57 Å². The Hall–Kier alpha value is -3.72. The lowest BCUT2D eigenvalue weighted by molar-refractivity contribution is -0.593. The predicted molar refractivity (Wildman–Crippen MR) is 122 cm³/mol. The molecule has 0 aliphatic heterocycles. The van der Waals surface area contributed by atoms with Gasteiger partial charge in [0.2, 0.25) is 11.4 Å². The van der Waals surface area contributed by atoms with Crippen LogP contribution in [0.3, 0.4) is 0 Å². The van der Waals surface area contributed by atoms with Gasteiger partial charge in [-0.05, 0) is 54.7 Å². The van der Waals surface area contributed by atoms with Gasteiger partial charge in [0.25, 0.3) is 0 Å².